The van der Waals surface area contributed by atoms with Crippen LogP contribution < -0.4 is 4.90 Å². The van der Waals surface area contributed by atoms with E-state index in [0.717, 1.165) is 36.5 Å². The number of nitrogens with zero attached hydrogens (tertiary/aromatic N) is 4. The summed E-state index contributed by atoms with van der Waals surface area (Å²) in [4.78, 5) is 19.0. The summed E-state index contributed by atoms with van der Waals surface area (Å²) in [6, 6.07) is 3.71. The first kappa shape index (κ1) is 15.7. The van der Waals surface area contributed by atoms with Gasteiger partial charge >= 0.3 is 0 Å². The number of ether oxygens (including phenoxy) is 1. The van der Waals surface area contributed by atoms with Gasteiger partial charge < -0.3 is 9.64 Å². The Morgan fingerprint density at radius 2 is 2.13 bits per heavy atom. The topological polar surface area (TPSA) is 60.2 Å². The zero-order valence-electron chi connectivity index (χ0n) is 13.8. The van der Waals surface area contributed by atoms with Gasteiger partial charge in [-0.05, 0) is 38.8 Å². The van der Waals surface area contributed by atoms with Gasteiger partial charge in [-0.3, -0.25) is 14.5 Å². The van der Waals surface area contributed by atoms with Crippen molar-refractivity contribution in [1.29, 1.82) is 0 Å². The molecule has 3 rings (SSSR count). The van der Waals surface area contributed by atoms with E-state index < -0.39 is 0 Å². The minimum atomic E-state index is -0.0326. The third kappa shape index (κ3) is 3.12. The average Bonchev–Trinajstić information content (AvgIpc) is 3.14. The summed E-state index contributed by atoms with van der Waals surface area (Å²) >= 11 is 0. The molecule has 1 fully saturated rings. The first-order valence-corrected chi connectivity index (χ1v) is 7.91. The number of anilines is 1. The van der Waals surface area contributed by atoms with Crippen molar-refractivity contribution >= 4 is 11.6 Å². The van der Waals surface area contributed by atoms with Crippen molar-refractivity contribution in [3.05, 3.63) is 41.5 Å². The molecular weight excluding hydrogens is 292 g/mol. The van der Waals surface area contributed by atoms with Crippen LogP contribution in [0.3, 0.4) is 0 Å². The van der Waals surface area contributed by atoms with E-state index >= 15 is 0 Å². The summed E-state index contributed by atoms with van der Waals surface area (Å²) in [5.41, 5.74) is 3.13. The number of amides is 1. The van der Waals surface area contributed by atoms with Crippen molar-refractivity contribution < 1.29 is 9.53 Å². The Morgan fingerprint density at radius 1 is 1.39 bits per heavy atom. The molecule has 1 atom stereocenters. The highest BCUT2D eigenvalue weighted by molar-refractivity contribution is 6.07. The van der Waals surface area contributed by atoms with E-state index in [1.807, 2.05) is 33.0 Å². The normalized spacial score (nSPS) is 17.4. The monoisotopic (exact) mass is 314 g/mol. The van der Waals surface area contributed by atoms with Crippen LogP contribution in [-0.4, -0.2) is 39.9 Å². The number of hydrogen-bond acceptors (Lipinski definition) is 4. The number of rotatable bonds is 4. The lowest BCUT2D eigenvalue weighted by Gasteiger charge is -2.25. The third-order valence-corrected chi connectivity index (χ3v) is 4.35. The molecule has 6 heteroatoms. The largest absolute Gasteiger partial charge is 0.376 e. The molecule has 1 aliphatic heterocycles. The maximum atomic E-state index is 13.2. The standard InChI is InChI=1S/C17H22N4O2/c1-12-16(13(2)20(3)19-12)17(22)21(11-15-5-4-10-23-15)14-6-8-18-9-7-14/h6-9,15H,4-5,10-11H2,1-3H3. The second-order valence-electron chi connectivity index (χ2n) is 5.93. The van der Waals surface area contributed by atoms with Crippen molar-refractivity contribution in [2.24, 2.45) is 7.05 Å². The van der Waals surface area contributed by atoms with Gasteiger partial charge in [-0.1, -0.05) is 0 Å². The minimum Gasteiger partial charge on any atom is -0.376 e. The molecule has 3 heterocycles. The third-order valence-electron chi connectivity index (χ3n) is 4.35. The number of carbonyl (C=O) groups excluding carboxylic acids is 1. The van der Waals surface area contributed by atoms with Crippen molar-refractivity contribution in [3.8, 4) is 0 Å². The van der Waals surface area contributed by atoms with Gasteiger partial charge in [0.15, 0.2) is 0 Å². The fourth-order valence-corrected chi connectivity index (χ4v) is 3.04. The van der Waals surface area contributed by atoms with Crippen LogP contribution in [0.25, 0.3) is 0 Å². The average molecular weight is 314 g/mol. The van der Waals surface area contributed by atoms with Gasteiger partial charge in [0.25, 0.3) is 5.91 Å². The smallest absolute Gasteiger partial charge is 0.262 e. The molecular formula is C17H22N4O2. The van der Waals surface area contributed by atoms with E-state index in [0.29, 0.717) is 12.1 Å². The number of aromatic nitrogens is 3. The summed E-state index contributed by atoms with van der Waals surface area (Å²) in [7, 11) is 1.86. The molecule has 1 amide bonds. The first-order chi connectivity index (χ1) is 11.1. The van der Waals surface area contributed by atoms with Gasteiger partial charge in [0.05, 0.1) is 23.9 Å². The second kappa shape index (κ2) is 6.50. The molecule has 0 bridgehead atoms. The Morgan fingerprint density at radius 3 is 2.70 bits per heavy atom. The summed E-state index contributed by atoms with van der Waals surface area (Å²) in [5.74, 6) is -0.0326. The van der Waals surface area contributed by atoms with Crippen LogP contribution in [0.4, 0.5) is 5.69 Å². The number of hydrogen-bond donors (Lipinski definition) is 0. The van der Waals surface area contributed by atoms with Crippen LogP contribution in [0.5, 0.6) is 0 Å². The molecule has 0 spiro atoms. The van der Waals surface area contributed by atoms with Crippen molar-refractivity contribution in [2.45, 2.75) is 32.8 Å². The summed E-state index contributed by atoms with van der Waals surface area (Å²) in [5, 5.41) is 4.37. The molecule has 6 nitrogen and oxygen atoms in total. The highest BCUT2D eigenvalue weighted by Crippen LogP contribution is 2.23. The Kier molecular flexibility index (Phi) is 4.43. The Bertz CT molecular complexity index is 690. The van der Waals surface area contributed by atoms with E-state index in [-0.39, 0.29) is 12.0 Å². The Labute approximate surface area is 136 Å². The van der Waals surface area contributed by atoms with Crippen LogP contribution in [0, 0.1) is 13.8 Å². The first-order valence-electron chi connectivity index (χ1n) is 7.91. The maximum absolute atomic E-state index is 13.2. The number of pyridine rings is 1. The molecule has 122 valence electrons. The SMILES string of the molecule is Cc1nn(C)c(C)c1C(=O)N(CC1CCCO1)c1ccncc1. The lowest BCUT2D eigenvalue weighted by atomic mass is 10.1. The van der Waals surface area contributed by atoms with E-state index in [2.05, 4.69) is 10.1 Å². The predicted molar refractivity (Wildman–Crippen MR) is 87.6 cm³/mol. The van der Waals surface area contributed by atoms with E-state index in [9.17, 15) is 4.79 Å². The molecule has 0 aromatic carbocycles. The highest BCUT2D eigenvalue weighted by atomic mass is 16.5. The molecule has 0 radical (unpaired) electrons. The van der Waals surface area contributed by atoms with Gasteiger partial charge in [0.1, 0.15) is 0 Å². The van der Waals surface area contributed by atoms with E-state index in [4.69, 9.17) is 4.74 Å². The summed E-state index contributed by atoms with van der Waals surface area (Å²) in [6.45, 7) is 5.12. The molecule has 2 aromatic rings. The summed E-state index contributed by atoms with van der Waals surface area (Å²) in [6.07, 6.45) is 5.53. The minimum absolute atomic E-state index is 0.0326. The highest BCUT2D eigenvalue weighted by Gasteiger charge is 2.28. The van der Waals surface area contributed by atoms with Gasteiger partial charge in [-0.2, -0.15) is 5.10 Å². The quantitative estimate of drug-likeness (QED) is 0.868. The molecule has 0 saturated carbocycles. The lowest BCUT2D eigenvalue weighted by molar-refractivity contribution is 0.0916. The lowest BCUT2D eigenvalue weighted by Crippen LogP contribution is -2.38. The molecule has 2 aromatic heterocycles. The maximum Gasteiger partial charge on any atom is 0.262 e. The van der Waals surface area contributed by atoms with Gasteiger partial charge in [-0.15, -0.1) is 0 Å². The zero-order valence-corrected chi connectivity index (χ0v) is 13.8. The molecule has 1 unspecified atom stereocenters. The van der Waals surface area contributed by atoms with E-state index in [1.54, 1.807) is 22.0 Å². The molecule has 23 heavy (non-hydrogen) atoms. The molecule has 0 N–H and O–H groups in total. The fraction of sp³-hybridized carbons (Fsp3) is 0.471. The molecule has 1 aliphatic rings. The van der Waals surface area contributed by atoms with Crippen molar-refractivity contribution in [3.63, 3.8) is 0 Å². The second-order valence-corrected chi connectivity index (χ2v) is 5.93. The number of aryl methyl sites for hydroxylation is 2. The predicted octanol–water partition coefficient (Wildman–Crippen LogP) is 2.26. The molecule has 0 aliphatic carbocycles. The van der Waals surface area contributed by atoms with Gasteiger partial charge in [-0.25, -0.2) is 0 Å². The zero-order chi connectivity index (χ0) is 16.4. The molecule has 1 saturated heterocycles. The Balaban J connectivity index is 1.95. The fourth-order valence-electron chi connectivity index (χ4n) is 3.04. The van der Waals surface area contributed by atoms with Crippen LogP contribution in [0.1, 0.15) is 34.6 Å². The van der Waals surface area contributed by atoms with Crippen LogP contribution in [-0.2, 0) is 11.8 Å². The Hall–Kier alpha value is -2.21. The van der Waals surface area contributed by atoms with Crippen molar-refractivity contribution in [1.82, 2.24) is 14.8 Å². The van der Waals surface area contributed by atoms with Crippen LogP contribution in [0.15, 0.2) is 24.5 Å². The van der Waals surface area contributed by atoms with Gasteiger partial charge in [0.2, 0.25) is 0 Å². The van der Waals surface area contributed by atoms with Crippen LogP contribution in [0.2, 0.25) is 0 Å². The van der Waals surface area contributed by atoms with Crippen molar-refractivity contribution in [2.75, 3.05) is 18.1 Å². The number of carbonyl (C=O) groups is 1. The van der Waals surface area contributed by atoms with Gasteiger partial charge in [0, 0.05) is 37.4 Å². The summed E-state index contributed by atoms with van der Waals surface area (Å²) < 4.78 is 7.48. The van der Waals surface area contributed by atoms with Crippen LogP contribution >= 0.6 is 0 Å². The van der Waals surface area contributed by atoms with E-state index in [1.165, 1.54) is 0 Å².